The number of benzene rings is 1. The molecule has 1 fully saturated rings. The number of halogens is 3. The standard InChI is InChI=1S/C15H16F3S/c1-10-5-4-8-13-12(10)9-14(11-6-2-3-7-11)19(13)15(16,17)18/h4-5,8-9,11H,2-3,6-7H2,1H3/q+1. The quantitative estimate of drug-likeness (QED) is 0.561. The van der Waals surface area contributed by atoms with Crippen molar-refractivity contribution < 1.29 is 13.2 Å². The molecular formula is C15H16F3S+. The molecule has 4 heteroatoms. The van der Waals surface area contributed by atoms with Crippen LogP contribution in [0.15, 0.2) is 24.3 Å². The van der Waals surface area contributed by atoms with Crippen molar-refractivity contribution in [1.29, 1.82) is 0 Å². The zero-order valence-corrected chi connectivity index (χ0v) is 11.6. The van der Waals surface area contributed by atoms with Crippen molar-refractivity contribution >= 4 is 20.6 Å². The van der Waals surface area contributed by atoms with E-state index >= 15 is 0 Å². The number of hydrogen-bond acceptors (Lipinski definition) is 0. The summed E-state index contributed by atoms with van der Waals surface area (Å²) in [6.07, 6.45) is 3.95. The Morgan fingerprint density at radius 3 is 2.47 bits per heavy atom. The molecule has 0 bridgehead atoms. The fraction of sp³-hybridized carbons (Fsp3) is 0.467. The summed E-state index contributed by atoms with van der Waals surface area (Å²) in [5.74, 6) is 0.136. The molecule has 0 amide bonds. The van der Waals surface area contributed by atoms with Gasteiger partial charge in [-0.2, -0.15) is 0 Å². The molecule has 2 aromatic rings. The van der Waals surface area contributed by atoms with Crippen LogP contribution in [0.25, 0.3) is 10.1 Å². The smallest absolute Gasteiger partial charge is 0.118 e. The molecule has 1 aliphatic carbocycles. The van der Waals surface area contributed by atoms with Gasteiger partial charge in [0.05, 0.1) is 10.5 Å². The van der Waals surface area contributed by atoms with Crippen molar-refractivity contribution in [3.05, 3.63) is 34.7 Å². The van der Waals surface area contributed by atoms with E-state index in [-0.39, 0.29) is 5.92 Å². The third-order valence-electron chi connectivity index (χ3n) is 4.02. The van der Waals surface area contributed by atoms with Crippen molar-refractivity contribution in [2.75, 3.05) is 0 Å². The molecule has 0 nitrogen and oxygen atoms in total. The summed E-state index contributed by atoms with van der Waals surface area (Å²) in [6.45, 7) is 1.89. The summed E-state index contributed by atoms with van der Waals surface area (Å²) >= 11 is 0. The number of hydrogen-bond donors (Lipinski definition) is 0. The summed E-state index contributed by atoms with van der Waals surface area (Å²) in [5, 5.41) is 0.810. The Balaban J connectivity index is 2.27. The lowest BCUT2D eigenvalue weighted by molar-refractivity contribution is -0.0868. The highest BCUT2D eigenvalue weighted by molar-refractivity contribution is 7.38. The lowest BCUT2D eigenvalue weighted by Gasteiger charge is -2.05. The van der Waals surface area contributed by atoms with Gasteiger partial charge in [0.1, 0.15) is 0 Å². The monoisotopic (exact) mass is 285 g/mol. The Labute approximate surface area is 113 Å². The van der Waals surface area contributed by atoms with Crippen LogP contribution in [-0.4, -0.2) is 0 Å². The first-order valence-electron chi connectivity index (χ1n) is 6.61. The van der Waals surface area contributed by atoms with Gasteiger partial charge in [-0.15, -0.1) is 13.2 Å². The van der Waals surface area contributed by atoms with Gasteiger partial charge in [0, 0.05) is 17.4 Å². The second-order valence-electron chi connectivity index (χ2n) is 5.27. The van der Waals surface area contributed by atoms with Gasteiger partial charge in [-0.1, -0.05) is 25.0 Å². The first-order chi connectivity index (χ1) is 8.98. The Morgan fingerprint density at radius 1 is 1.16 bits per heavy atom. The third-order valence-corrected chi connectivity index (χ3v) is 6.20. The zero-order valence-electron chi connectivity index (χ0n) is 10.8. The van der Waals surface area contributed by atoms with Gasteiger partial charge >= 0.3 is 5.51 Å². The minimum absolute atomic E-state index is 0.136. The van der Waals surface area contributed by atoms with Crippen molar-refractivity contribution in [3.63, 3.8) is 0 Å². The second-order valence-corrected chi connectivity index (χ2v) is 7.25. The molecule has 0 spiro atoms. The van der Waals surface area contributed by atoms with Crippen LogP contribution in [0.2, 0.25) is 0 Å². The molecule has 1 aromatic heterocycles. The maximum absolute atomic E-state index is 13.4. The van der Waals surface area contributed by atoms with Crippen LogP contribution in [0.4, 0.5) is 13.2 Å². The van der Waals surface area contributed by atoms with E-state index in [9.17, 15) is 13.2 Å². The Morgan fingerprint density at radius 2 is 1.84 bits per heavy atom. The summed E-state index contributed by atoms with van der Waals surface area (Å²) in [5.41, 5.74) is -3.19. The van der Waals surface area contributed by atoms with Crippen molar-refractivity contribution in [1.82, 2.24) is 0 Å². The van der Waals surface area contributed by atoms with Crippen molar-refractivity contribution in [3.8, 4) is 0 Å². The molecule has 3 rings (SSSR count). The van der Waals surface area contributed by atoms with E-state index in [0.29, 0.717) is 9.58 Å². The van der Waals surface area contributed by atoms with Gasteiger partial charge in [-0.3, -0.25) is 0 Å². The largest absolute Gasteiger partial charge is 0.600 e. The highest BCUT2D eigenvalue weighted by atomic mass is 32.2. The molecule has 1 heterocycles. The maximum atomic E-state index is 13.4. The fourth-order valence-corrected chi connectivity index (χ4v) is 5.33. The third kappa shape index (κ3) is 2.16. The summed E-state index contributed by atoms with van der Waals surface area (Å²) < 4.78 is 40.8. The van der Waals surface area contributed by atoms with Gasteiger partial charge in [0.25, 0.3) is 0 Å². The molecule has 102 valence electrons. The Hall–Kier alpha value is -1.03. The molecule has 1 saturated carbocycles. The SMILES string of the molecule is Cc1cccc2c1cc(C1CCCC1)[s+]2C(F)(F)F. The van der Waals surface area contributed by atoms with Crippen LogP contribution in [-0.2, 0) is 5.51 Å². The first kappa shape index (κ1) is 13.0. The molecule has 1 unspecified atom stereocenters. The van der Waals surface area contributed by atoms with Crippen molar-refractivity contribution in [2.45, 2.75) is 44.0 Å². The number of rotatable bonds is 1. The van der Waals surface area contributed by atoms with E-state index in [2.05, 4.69) is 0 Å². The average Bonchev–Trinajstić information content (AvgIpc) is 2.94. The van der Waals surface area contributed by atoms with E-state index in [1.54, 1.807) is 12.1 Å². The summed E-state index contributed by atoms with van der Waals surface area (Å²) in [4.78, 5) is 0.634. The van der Waals surface area contributed by atoms with E-state index in [0.717, 1.165) is 36.6 Å². The van der Waals surface area contributed by atoms with Gasteiger partial charge in [0.2, 0.25) is 0 Å². The van der Waals surface area contributed by atoms with Crippen molar-refractivity contribution in [2.24, 2.45) is 0 Å². The summed E-state index contributed by atoms with van der Waals surface area (Å²) in [7, 11) is -1.70. The van der Waals surface area contributed by atoms with Crippen LogP contribution < -0.4 is 0 Å². The fourth-order valence-electron chi connectivity index (χ4n) is 3.10. The molecule has 0 radical (unpaired) electrons. The molecule has 1 aromatic carbocycles. The molecular weight excluding hydrogens is 269 g/mol. The number of thiophene rings is 1. The van der Waals surface area contributed by atoms with Crippen LogP contribution in [0.5, 0.6) is 0 Å². The molecule has 19 heavy (non-hydrogen) atoms. The van der Waals surface area contributed by atoms with Gasteiger partial charge in [-0.05, 0) is 31.4 Å². The highest BCUT2D eigenvalue weighted by Crippen LogP contribution is 2.55. The molecule has 0 saturated heterocycles. The first-order valence-corrected chi connectivity index (χ1v) is 7.83. The number of aryl methyl sites for hydroxylation is 1. The van der Waals surface area contributed by atoms with Crippen LogP contribution >= 0.6 is 10.5 Å². The van der Waals surface area contributed by atoms with Crippen LogP contribution in [0, 0.1) is 6.92 Å². The predicted octanol–water partition coefficient (Wildman–Crippen LogP) is 6.03. The lowest BCUT2D eigenvalue weighted by Crippen LogP contribution is -2.00. The molecule has 1 atom stereocenters. The van der Waals surface area contributed by atoms with Gasteiger partial charge < -0.3 is 0 Å². The predicted molar refractivity (Wildman–Crippen MR) is 73.7 cm³/mol. The van der Waals surface area contributed by atoms with Crippen LogP contribution in [0.1, 0.15) is 42.0 Å². The minimum atomic E-state index is -4.15. The molecule has 0 aliphatic heterocycles. The number of alkyl halides is 3. The average molecular weight is 285 g/mol. The van der Waals surface area contributed by atoms with Gasteiger partial charge in [-0.25, -0.2) is 0 Å². The topological polar surface area (TPSA) is 0 Å². The van der Waals surface area contributed by atoms with Gasteiger partial charge in [0.15, 0.2) is 9.58 Å². The van der Waals surface area contributed by atoms with E-state index in [1.807, 2.05) is 19.1 Å². The minimum Gasteiger partial charge on any atom is -0.118 e. The van der Waals surface area contributed by atoms with Crippen LogP contribution in [0.3, 0.4) is 0 Å². The number of fused-ring (bicyclic) bond motifs is 1. The van der Waals surface area contributed by atoms with E-state index in [4.69, 9.17) is 0 Å². The Kier molecular flexibility index (Phi) is 3.08. The van der Waals surface area contributed by atoms with E-state index in [1.165, 1.54) is 0 Å². The second kappa shape index (κ2) is 4.51. The molecule has 1 aliphatic rings. The normalized spacial score (nSPS) is 18.4. The zero-order chi connectivity index (χ0) is 13.6. The van der Waals surface area contributed by atoms with E-state index < -0.39 is 16.0 Å². The summed E-state index contributed by atoms with van der Waals surface area (Å²) in [6, 6.07) is 7.12. The lowest BCUT2D eigenvalue weighted by atomic mass is 10.0. The maximum Gasteiger partial charge on any atom is 0.600 e. The molecule has 0 N–H and O–H groups in total. The Bertz CT molecular complexity index is 604. The highest BCUT2D eigenvalue weighted by Gasteiger charge is 2.49.